The fraction of sp³-hybridized carbons (Fsp3) is 0.667. The Labute approximate surface area is 138 Å². The lowest BCUT2D eigenvalue weighted by Gasteiger charge is -2.40. The summed E-state index contributed by atoms with van der Waals surface area (Å²) in [5.41, 5.74) is -1.57. The summed E-state index contributed by atoms with van der Waals surface area (Å²) in [7, 11) is 0. The molecule has 0 radical (unpaired) electrons. The molecule has 0 saturated carbocycles. The van der Waals surface area contributed by atoms with Crippen LogP contribution in [0.1, 0.15) is 33.4 Å². The van der Waals surface area contributed by atoms with E-state index in [-0.39, 0.29) is 12.0 Å². The number of carbonyl (C=O) groups excluding carboxylic acids is 1. The summed E-state index contributed by atoms with van der Waals surface area (Å²) in [5.74, 6) is 0.0150. The summed E-state index contributed by atoms with van der Waals surface area (Å²) < 4.78 is 43.7. The van der Waals surface area contributed by atoms with E-state index in [1.165, 1.54) is 0 Å². The van der Waals surface area contributed by atoms with Crippen molar-refractivity contribution in [2.75, 3.05) is 24.5 Å². The number of alkyl halides is 3. The molecule has 0 aliphatic carbocycles. The maximum Gasteiger partial charge on any atom is 0.433 e. The molecule has 0 N–H and O–H groups in total. The van der Waals surface area contributed by atoms with Crippen LogP contribution in [0.5, 0.6) is 0 Å². The first-order valence-electron chi connectivity index (χ1n) is 7.62. The highest BCUT2D eigenvalue weighted by Gasteiger charge is 2.35. The van der Waals surface area contributed by atoms with Crippen molar-refractivity contribution >= 4 is 12.0 Å². The smallest absolute Gasteiger partial charge is 0.433 e. The first-order valence-corrected chi connectivity index (χ1v) is 7.62. The SMILES string of the molecule is CC1CN(C(=O)OC(C)(C)C)CCN1c1nccc(C(F)(F)F)n1. The molecule has 2 heterocycles. The van der Waals surface area contributed by atoms with Crippen molar-refractivity contribution in [2.45, 2.75) is 45.5 Å². The molecule has 0 spiro atoms. The van der Waals surface area contributed by atoms with Crippen LogP contribution < -0.4 is 4.90 Å². The lowest BCUT2D eigenvalue weighted by atomic mass is 10.2. The van der Waals surface area contributed by atoms with E-state index in [2.05, 4.69) is 9.97 Å². The van der Waals surface area contributed by atoms with Crippen molar-refractivity contribution in [3.63, 3.8) is 0 Å². The quantitative estimate of drug-likeness (QED) is 0.782. The van der Waals surface area contributed by atoms with E-state index in [4.69, 9.17) is 4.74 Å². The van der Waals surface area contributed by atoms with Gasteiger partial charge in [-0.25, -0.2) is 14.8 Å². The maximum atomic E-state index is 12.8. The van der Waals surface area contributed by atoms with Crippen LogP contribution in [0.4, 0.5) is 23.9 Å². The van der Waals surface area contributed by atoms with Gasteiger partial charge in [0, 0.05) is 31.9 Å². The van der Waals surface area contributed by atoms with E-state index in [1.807, 2.05) is 0 Å². The third-order valence-corrected chi connectivity index (χ3v) is 3.47. The minimum Gasteiger partial charge on any atom is -0.444 e. The van der Waals surface area contributed by atoms with E-state index in [0.29, 0.717) is 19.6 Å². The monoisotopic (exact) mass is 346 g/mol. The maximum absolute atomic E-state index is 12.8. The van der Waals surface area contributed by atoms with Gasteiger partial charge in [-0.15, -0.1) is 0 Å². The number of amides is 1. The highest BCUT2D eigenvalue weighted by Crippen LogP contribution is 2.28. The van der Waals surface area contributed by atoms with Crippen molar-refractivity contribution in [3.05, 3.63) is 18.0 Å². The van der Waals surface area contributed by atoms with Crippen molar-refractivity contribution < 1.29 is 22.7 Å². The molecule has 134 valence electrons. The molecule has 24 heavy (non-hydrogen) atoms. The number of ether oxygens (including phenoxy) is 1. The summed E-state index contributed by atoms with van der Waals surface area (Å²) >= 11 is 0. The second-order valence-electron chi connectivity index (χ2n) is 6.71. The standard InChI is InChI=1S/C15H21F3N4O2/c1-10-9-21(13(23)24-14(2,3)4)7-8-22(10)12-19-6-5-11(20-12)15(16,17)18/h5-6,10H,7-9H2,1-4H3. The number of carbonyl (C=O) groups is 1. The van der Waals surface area contributed by atoms with Gasteiger partial charge in [-0.3, -0.25) is 0 Å². The number of aromatic nitrogens is 2. The minimum atomic E-state index is -4.51. The number of hydrogen-bond acceptors (Lipinski definition) is 5. The Kier molecular flexibility index (Phi) is 4.91. The van der Waals surface area contributed by atoms with Crippen molar-refractivity contribution in [1.82, 2.24) is 14.9 Å². The van der Waals surface area contributed by atoms with E-state index in [9.17, 15) is 18.0 Å². The zero-order valence-corrected chi connectivity index (χ0v) is 14.1. The highest BCUT2D eigenvalue weighted by molar-refractivity contribution is 5.68. The molecule has 1 aliphatic heterocycles. The summed E-state index contributed by atoms with van der Waals surface area (Å²) in [6.45, 7) is 8.14. The molecule has 1 amide bonds. The molecular weight excluding hydrogens is 325 g/mol. The molecule has 1 aromatic heterocycles. The van der Waals surface area contributed by atoms with Crippen LogP contribution in [-0.2, 0) is 10.9 Å². The molecule has 1 saturated heterocycles. The molecule has 1 aliphatic rings. The Morgan fingerprint density at radius 3 is 2.50 bits per heavy atom. The van der Waals surface area contributed by atoms with Crippen LogP contribution in [0, 0.1) is 0 Å². The van der Waals surface area contributed by atoms with Gasteiger partial charge >= 0.3 is 12.3 Å². The predicted octanol–water partition coefficient (Wildman–Crippen LogP) is 2.94. The molecule has 6 nitrogen and oxygen atoms in total. The molecule has 1 atom stereocenters. The molecule has 0 aromatic carbocycles. The molecule has 0 bridgehead atoms. The second-order valence-corrected chi connectivity index (χ2v) is 6.71. The van der Waals surface area contributed by atoms with Gasteiger partial charge in [-0.05, 0) is 33.8 Å². The fourth-order valence-electron chi connectivity index (χ4n) is 2.39. The van der Waals surface area contributed by atoms with E-state index in [0.717, 1.165) is 12.3 Å². The number of nitrogens with zero attached hydrogens (tertiary/aromatic N) is 4. The highest BCUT2D eigenvalue weighted by atomic mass is 19.4. The largest absolute Gasteiger partial charge is 0.444 e. The van der Waals surface area contributed by atoms with Gasteiger partial charge in [-0.2, -0.15) is 13.2 Å². The number of piperazine rings is 1. The molecule has 1 aromatic rings. The Hall–Kier alpha value is -2.06. The van der Waals surface area contributed by atoms with E-state index < -0.39 is 23.6 Å². The molecule has 1 unspecified atom stereocenters. The van der Waals surface area contributed by atoms with Crippen molar-refractivity contribution in [3.8, 4) is 0 Å². The molecule has 9 heteroatoms. The third kappa shape index (κ3) is 4.48. The Morgan fingerprint density at radius 2 is 1.96 bits per heavy atom. The van der Waals surface area contributed by atoms with Crippen LogP contribution in [-0.4, -0.2) is 52.2 Å². The lowest BCUT2D eigenvalue weighted by Crippen LogP contribution is -2.55. The topological polar surface area (TPSA) is 58.6 Å². The van der Waals surface area contributed by atoms with Gasteiger partial charge in [0.15, 0.2) is 0 Å². The fourth-order valence-corrected chi connectivity index (χ4v) is 2.39. The first-order chi connectivity index (χ1) is 11.0. The Bertz CT molecular complexity index is 601. The van der Waals surface area contributed by atoms with Gasteiger partial charge < -0.3 is 14.5 Å². The van der Waals surface area contributed by atoms with Crippen molar-refractivity contribution in [2.24, 2.45) is 0 Å². The van der Waals surface area contributed by atoms with Crippen LogP contribution in [0.25, 0.3) is 0 Å². The van der Waals surface area contributed by atoms with Gasteiger partial charge in [0.25, 0.3) is 0 Å². The second kappa shape index (κ2) is 6.45. The Balaban J connectivity index is 2.08. The van der Waals surface area contributed by atoms with Crippen LogP contribution in [0.15, 0.2) is 12.3 Å². The van der Waals surface area contributed by atoms with E-state index in [1.54, 1.807) is 37.5 Å². The van der Waals surface area contributed by atoms with Gasteiger partial charge in [0.2, 0.25) is 5.95 Å². The zero-order chi connectivity index (χ0) is 18.1. The van der Waals surface area contributed by atoms with E-state index >= 15 is 0 Å². The summed E-state index contributed by atoms with van der Waals surface area (Å²) in [6.07, 6.45) is -3.85. The summed E-state index contributed by atoms with van der Waals surface area (Å²) in [5, 5.41) is 0. The molecule has 1 fully saturated rings. The van der Waals surface area contributed by atoms with Crippen LogP contribution in [0.3, 0.4) is 0 Å². The van der Waals surface area contributed by atoms with Gasteiger partial charge in [0.05, 0.1) is 0 Å². The van der Waals surface area contributed by atoms with Gasteiger partial charge in [-0.1, -0.05) is 0 Å². The Morgan fingerprint density at radius 1 is 1.29 bits per heavy atom. The van der Waals surface area contributed by atoms with Gasteiger partial charge in [0.1, 0.15) is 11.3 Å². The number of halogens is 3. The third-order valence-electron chi connectivity index (χ3n) is 3.47. The molecule has 2 rings (SSSR count). The summed E-state index contributed by atoms with van der Waals surface area (Å²) in [6, 6.07) is 0.611. The van der Waals surface area contributed by atoms with Crippen LogP contribution >= 0.6 is 0 Å². The number of hydrogen-bond donors (Lipinski definition) is 0. The normalized spacial score (nSPS) is 19.4. The lowest BCUT2D eigenvalue weighted by molar-refractivity contribution is -0.141. The number of rotatable bonds is 1. The van der Waals surface area contributed by atoms with Crippen LogP contribution in [0.2, 0.25) is 0 Å². The average molecular weight is 346 g/mol. The average Bonchev–Trinajstić information content (AvgIpc) is 2.44. The molecular formula is C15H21F3N4O2. The summed E-state index contributed by atoms with van der Waals surface area (Å²) in [4.78, 5) is 22.8. The van der Waals surface area contributed by atoms with Crippen molar-refractivity contribution in [1.29, 1.82) is 0 Å². The minimum absolute atomic E-state index is 0.0150. The predicted molar refractivity (Wildman–Crippen MR) is 81.6 cm³/mol. The number of anilines is 1. The zero-order valence-electron chi connectivity index (χ0n) is 14.1. The first kappa shape index (κ1) is 18.3.